The molecular weight excluding hydrogens is 296 g/mol. The van der Waals surface area contributed by atoms with Gasteiger partial charge in [0.2, 0.25) is 5.89 Å². The lowest BCUT2D eigenvalue weighted by atomic mass is 9.97. The number of carbonyl (C=O) groups excluding carboxylic acids is 1. The highest BCUT2D eigenvalue weighted by Crippen LogP contribution is 2.22. The van der Waals surface area contributed by atoms with Crippen LogP contribution in [0.4, 0.5) is 0 Å². The molecule has 0 saturated carbocycles. The first kappa shape index (κ1) is 16.4. The van der Waals surface area contributed by atoms with Crippen molar-refractivity contribution in [3.05, 3.63) is 11.7 Å². The lowest BCUT2D eigenvalue weighted by Crippen LogP contribution is -2.51. The van der Waals surface area contributed by atoms with E-state index in [9.17, 15) is 4.79 Å². The van der Waals surface area contributed by atoms with Gasteiger partial charge in [-0.3, -0.25) is 14.6 Å². The molecule has 0 amide bonds. The van der Waals surface area contributed by atoms with E-state index in [0.717, 1.165) is 38.4 Å². The molecule has 3 heterocycles. The van der Waals surface area contributed by atoms with Crippen molar-refractivity contribution >= 4 is 5.97 Å². The summed E-state index contributed by atoms with van der Waals surface area (Å²) in [5.41, 5.74) is -0.122. The number of hydrogen-bond acceptors (Lipinski definition) is 7. The fourth-order valence-electron chi connectivity index (χ4n) is 3.09. The smallest absolute Gasteiger partial charge is 0.323 e. The molecule has 23 heavy (non-hydrogen) atoms. The van der Waals surface area contributed by atoms with Gasteiger partial charge in [-0.05, 0) is 6.92 Å². The van der Waals surface area contributed by atoms with Crippen LogP contribution in [0.3, 0.4) is 0 Å². The summed E-state index contributed by atoms with van der Waals surface area (Å²) in [6.45, 7) is 12.4. The monoisotopic (exact) mass is 322 g/mol. The Morgan fingerprint density at radius 2 is 1.91 bits per heavy atom. The molecule has 0 unspecified atom stereocenters. The molecule has 0 aliphatic carbocycles. The van der Waals surface area contributed by atoms with E-state index in [1.54, 1.807) is 0 Å². The van der Waals surface area contributed by atoms with E-state index in [4.69, 9.17) is 9.26 Å². The molecule has 0 bridgehead atoms. The molecule has 3 rings (SSSR count). The van der Waals surface area contributed by atoms with E-state index in [1.807, 2.05) is 6.92 Å². The minimum Gasteiger partial charge on any atom is -0.461 e. The fraction of sp³-hybridized carbons (Fsp3) is 0.812. The quantitative estimate of drug-likeness (QED) is 0.774. The molecule has 2 atom stereocenters. The second kappa shape index (κ2) is 6.20. The average Bonchev–Trinajstić information content (AvgIpc) is 3.06. The first-order chi connectivity index (χ1) is 10.8. The van der Waals surface area contributed by atoms with E-state index in [-0.39, 0.29) is 23.5 Å². The number of aromatic nitrogens is 2. The number of nitrogens with zero attached hydrogens (tertiary/aromatic N) is 4. The van der Waals surface area contributed by atoms with Crippen LogP contribution < -0.4 is 0 Å². The maximum atomic E-state index is 11.8. The van der Waals surface area contributed by atoms with Gasteiger partial charge in [0, 0.05) is 38.0 Å². The number of ether oxygens (including phenoxy) is 1. The number of cyclic esters (lactones) is 1. The van der Waals surface area contributed by atoms with Crippen molar-refractivity contribution in [2.75, 3.05) is 26.2 Å². The topological polar surface area (TPSA) is 71.7 Å². The molecule has 2 aliphatic rings. The third-order valence-electron chi connectivity index (χ3n) is 4.47. The van der Waals surface area contributed by atoms with Crippen molar-refractivity contribution in [2.24, 2.45) is 0 Å². The van der Waals surface area contributed by atoms with Crippen LogP contribution in [-0.4, -0.2) is 64.2 Å². The molecule has 2 saturated heterocycles. The van der Waals surface area contributed by atoms with Crippen LogP contribution in [0, 0.1) is 0 Å². The zero-order valence-corrected chi connectivity index (χ0v) is 14.4. The Morgan fingerprint density at radius 1 is 1.22 bits per heavy atom. The van der Waals surface area contributed by atoms with Crippen molar-refractivity contribution in [1.82, 2.24) is 19.9 Å². The summed E-state index contributed by atoms with van der Waals surface area (Å²) in [5, 5.41) is 4.08. The van der Waals surface area contributed by atoms with Gasteiger partial charge >= 0.3 is 5.97 Å². The van der Waals surface area contributed by atoms with Gasteiger partial charge in [-0.2, -0.15) is 4.98 Å². The molecule has 128 valence electrons. The molecule has 0 N–H and O–H groups in total. The molecule has 0 aromatic carbocycles. The normalized spacial score (nSPS) is 27.4. The van der Waals surface area contributed by atoms with Gasteiger partial charge in [-0.15, -0.1) is 0 Å². The predicted molar refractivity (Wildman–Crippen MR) is 83.8 cm³/mol. The standard InChI is InChI=1S/C16H26N4O3/c1-11-9-12(14(21)22-11)20-7-5-19(6-8-20)10-13-17-15(23-18-13)16(2,3)4/h11-12H,5-10H2,1-4H3/t11-,12-/m1/s1. The van der Waals surface area contributed by atoms with Crippen molar-refractivity contribution in [3.63, 3.8) is 0 Å². The summed E-state index contributed by atoms with van der Waals surface area (Å²) in [5.74, 6) is 1.34. The summed E-state index contributed by atoms with van der Waals surface area (Å²) in [7, 11) is 0. The van der Waals surface area contributed by atoms with Crippen LogP contribution in [0.1, 0.15) is 45.8 Å². The third-order valence-corrected chi connectivity index (χ3v) is 4.47. The van der Waals surface area contributed by atoms with E-state index < -0.39 is 0 Å². The first-order valence-electron chi connectivity index (χ1n) is 8.33. The lowest BCUT2D eigenvalue weighted by Gasteiger charge is -2.36. The highest BCUT2D eigenvalue weighted by Gasteiger charge is 2.37. The summed E-state index contributed by atoms with van der Waals surface area (Å²) < 4.78 is 10.6. The molecule has 7 heteroatoms. The summed E-state index contributed by atoms with van der Waals surface area (Å²) in [6.07, 6.45) is 0.846. The number of rotatable bonds is 3. The predicted octanol–water partition coefficient (Wildman–Crippen LogP) is 1.19. The van der Waals surface area contributed by atoms with Crippen LogP contribution in [0.2, 0.25) is 0 Å². The molecule has 2 fully saturated rings. The van der Waals surface area contributed by atoms with Gasteiger partial charge in [0.15, 0.2) is 5.82 Å². The zero-order valence-electron chi connectivity index (χ0n) is 14.4. The Labute approximate surface area is 137 Å². The SMILES string of the molecule is C[C@@H]1C[C@@H](N2CCN(Cc3noc(C(C)(C)C)n3)CC2)C(=O)O1. The number of carbonyl (C=O) groups is 1. The number of esters is 1. The minimum atomic E-state index is -0.122. The van der Waals surface area contributed by atoms with E-state index >= 15 is 0 Å². The molecule has 0 spiro atoms. The van der Waals surface area contributed by atoms with Gasteiger partial charge in [0.25, 0.3) is 0 Å². The molecule has 1 aromatic rings. The Morgan fingerprint density at radius 3 is 2.43 bits per heavy atom. The molecule has 1 aromatic heterocycles. The number of hydrogen-bond donors (Lipinski definition) is 0. The largest absolute Gasteiger partial charge is 0.461 e. The molecule has 2 aliphatic heterocycles. The minimum absolute atomic E-state index is 0.0423. The van der Waals surface area contributed by atoms with E-state index in [0.29, 0.717) is 12.4 Å². The fourth-order valence-corrected chi connectivity index (χ4v) is 3.09. The highest BCUT2D eigenvalue weighted by atomic mass is 16.6. The third kappa shape index (κ3) is 3.72. The second-order valence-electron chi connectivity index (χ2n) is 7.58. The Bertz CT molecular complexity index is 558. The number of piperazine rings is 1. The van der Waals surface area contributed by atoms with Gasteiger partial charge in [-0.25, -0.2) is 0 Å². The summed E-state index contributed by atoms with van der Waals surface area (Å²) in [6, 6.07) is -0.0650. The van der Waals surface area contributed by atoms with Crippen LogP contribution in [0.5, 0.6) is 0 Å². The Hall–Kier alpha value is -1.47. The summed E-state index contributed by atoms with van der Waals surface area (Å²) in [4.78, 5) is 20.9. The molecule has 7 nitrogen and oxygen atoms in total. The molecule has 0 radical (unpaired) electrons. The second-order valence-corrected chi connectivity index (χ2v) is 7.58. The maximum Gasteiger partial charge on any atom is 0.323 e. The first-order valence-corrected chi connectivity index (χ1v) is 8.33. The van der Waals surface area contributed by atoms with Gasteiger partial charge in [0.1, 0.15) is 12.1 Å². The van der Waals surface area contributed by atoms with E-state index in [1.165, 1.54) is 0 Å². The van der Waals surface area contributed by atoms with Crippen LogP contribution in [0.15, 0.2) is 4.52 Å². The van der Waals surface area contributed by atoms with Crippen molar-refractivity contribution in [2.45, 2.75) is 58.2 Å². The Kier molecular flexibility index (Phi) is 4.42. The van der Waals surface area contributed by atoms with Crippen LogP contribution in [0.25, 0.3) is 0 Å². The van der Waals surface area contributed by atoms with Gasteiger partial charge in [-0.1, -0.05) is 25.9 Å². The zero-order chi connectivity index (χ0) is 16.6. The van der Waals surface area contributed by atoms with Crippen LogP contribution >= 0.6 is 0 Å². The van der Waals surface area contributed by atoms with Crippen molar-refractivity contribution in [3.8, 4) is 0 Å². The molecular formula is C16H26N4O3. The maximum absolute atomic E-state index is 11.8. The van der Waals surface area contributed by atoms with Crippen molar-refractivity contribution < 1.29 is 14.1 Å². The van der Waals surface area contributed by atoms with Crippen molar-refractivity contribution in [1.29, 1.82) is 0 Å². The van der Waals surface area contributed by atoms with Crippen LogP contribution in [-0.2, 0) is 21.5 Å². The highest BCUT2D eigenvalue weighted by molar-refractivity contribution is 5.78. The van der Waals surface area contributed by atoms with Gasteiger partial charge < -0.3 is 9.26 Å². The van der Waals surface area contributed by atoms with Gasteiger partial charge in [0.05, 0.1) is 6.54 Å². The average molecular weight is 322 g/mol. The summed E-state index contributed by atoms with van der Waals surface area (Å²) >= 11 is 0. The lowest BCUT2D eigenvalue weighted by molar-refractivity contribution is -0.145. The Balaban J connectivity index is 1.51. The van der Waals surface area contributed by atoms with E-state index in [2.05, 4.69) is 40.7 Å².